The molecule has 0 bridgehead atoms. The molecule has 6 aromatic rings. The Labute approximate surface area is 173 Å². The molecule has 2 N–H and O–H groups in total. The third kappa shape index (κ3) is 2.25. The summed E-state index contributed by atoms with van der Waals surface area (Å²) in [5, 5.41) is 28.5. The summed E-state index contributed by atoms with van der Waals surface area (Å²) in [5.41, 5.74) is 3.25. The second-order valence-corrected chi connectivity index (χ2v) is 7.67. The molecular weight excluding hydrogens is 368 g/mol. The fourth-order valence-electron chi connectivity index (χ4n) is 4.69. The molecule has 0 aliphatic rings. The van der Waals surface area contributed by atoms with Crippen LogP contribution < -0.4 is 0 Å². The Hall–Kier alpha value is -4.04. The largest absolute Gasteiger partial charge is 0.507 e. The molecule has 0 atom stereocenters. The molecule has 6 aromatic carbocycles. The molecule has 0 amide bonds. The van der Waals surface area contributed by atoms with Crippen molar-refractivity contribution in [2.75, 3.05) is 0 Å². The molecular formula is C28H18O2. The maximum absolute atomic E-state index is 11.5. The highest BCUT2D eigenvalue weighted by atomic mass is 16.3. The average Bonchev–Trinajstić information content (AvgIpc) is 2.80. The van der Waals surface area contributed by atoms with Crippen LogP contribution in [0.4, 0.5) is 0 Å². The maximum Gasteiger partial charge on any atom is 0.135 e. The zero-order valence-corrected chi connectivity index (χ0v) is 16.1. The van der Waals surface area contributed by atoms with E-state index < -0.39 is 0 Å². The van der Waals surface area contributed by atoms with E-state index in [1.807, 2.05) is 66.7 Å². The van der Waals surface area contributed by atoms with Crippen LogP contribution in [0.1, 0.15) is 0 Å². The Bertz CT molecular complexity index is 1530. The smallest absolute Gasteiger partial charge is 0.135 e. The van der Waals surface area contributed by atoms with Gasteiger partial charge in [0.05, 0.1) is 5.56 Å². The van der Waals surface area contributed by atoms with Crippen molar-refractivity contribution in [1.82, 2.24) is 0 Å². The number of phenols is 2. The Morgan fingerprint density at radius 2 is 1.13 bits per heavy atom. The lowest BCUT2D eigenvalue weighted by molar-refractivity contribution is 0.462. The number of phenolic OH excluding ortho intramolecular Hbond substituents is 2. The minimum absolute atomic E-state index is 0.114. The minimum Gasteiger partial charge on any atom is -0.507 e. The molecule has 0 saturated carbocycles. The molecule has 0 spiro atoms. The fraction of sp³-hybridized carbons (Fsp3) is 0. The summed E-state index contributed by atoms with van der Waals surface area (Å²) in [6.45, 7) is 0. The molecule has 0 heterocycles. The normalized spacial score (nSPS) is 11.6. The Kier molecular flexibility index (Phi) is 3.50. The first-order valence-corrected chi connectivity index (χ1v) is 10.0. The average molecular weight is 386 g/mol. The number of benzene rings is 6. The molecule has 30 heavy (non-hydrogen) atoms. The van der Waals surface area contributed by atoms with Crippen molar-refractivity contribution in [2.24, 2.45) is 0 Å². The van der Waals surface area contributed by atoms with Crippen LogP contribution in [0.15, 0.2) is 97.1 Å². The summed E-state index contributed by atoms with van der Waals surface area (Å²) in [4.78, 5) is 0. The van der Waals surface area contributed by atoms with Crippen LogP contribution in [0.25, 0.3) is 54.6 Å². The first-order valence-electron chi connectivity index (χ1n) is 10.0. The zero-order valence-electron chi connectivity index (χ0n) is 16.1. The molecule has 0 fully saturated rings. The Morgan fingerprint density at radius 1 is 0.467 bits per heavy atom. The lowest BCUT2D eigenvalue weighted by atomic mass is 9.85. The molecule has 0 unspecified atom stereocenters. The van der Waals surface area contributed by atoms with E-state index in [4.69, 9.17) is 0 Å². The maximum atomic E-state index is 11.5. The van der Waals surface area contributed by atoms with Gasteiger partial charge in [0.2, 0.25) is 0 Å². The lowest BCUT2D eigenvalue weighted by Crippen LogP contribution is -1.92. The van der Waals surface area contributed by atoms with Gasteiger partial charge in [-0.1, -0.05) is 84.9 Å². The number of hydrogen-bond donors (Lipinski definition) is 2. The van der Waals surface area contributed by atoms with Crippen LogP contribution >= 0.6 is 0 Å². The van der Waals surface area contributed by atoms with E-state index >= 15 is 0 Å². The van der Waals surface area contributed by atoms with Crippen LogP contribution in [-0.2, 0) is 0 Å². The van der Waals surface area contributed by atoms with Crippen molar-refractivity contribution in [2.45, 2.75) is 0 Å². The van der Waals surface area contributed by atoms with Gasteiger partial charge in [-0.05, 0) is 45.0 Å². The predicted molar refractivity (Wildman–Crippen MR) is 124 cm³/mol. The van der Waals surface area contributed by atoms with Gasteiger partial charge in [-0.2, -0.15) is 0 Å². The summed E-state index contributed by atoms with van der Waals surface area (Å²) < 4.78 is 0. The topological polar surface area (TPSA) is 40.5 Å². The van der Waals surface area contributed by atoms with Crippen molar-refractivity contribution in [3.63, 3.8) is 0 Å². The summed E-state index contributed by atoms with van der Waals surface area (Å²) in [6, 6.07) is 32.0. The fourth-order valence-corrected chi connectivity index (χ4v) is 4.69. The first kappa shape index (κ1) is 16.9. The van der Waals surface area contributed by atoms with Crippen LogP contribution in [0.5, 0.6) is 11.5 Å². The van der Waals surface area contributed by atoms with Gasteiger partial charge in [0.1, 0.15) is 11.5 Å². The highest BCUT2D eigenvalue weighted by Crippen LogP contribution is 2.52. The summed E-state index contributed by atoms with van der Waals surface area (Å²) in [6.07, 6.45) is 0. The second kappa shape index (κ2) is 6.23. The van der Waals surface area contributed by atoms with Gasteiger partial charge in [-0.25, -0.2) is 0 Å². The van der Waals surface area contributed by atoms with E-state index in [0.29, 0.717) is 5.56 Å². The van der Waals surface area contributed by atoms with Gasteiger partial charge < -0.3 is 10.2 Å². The van der Waals surface area contributed by atoms with Crippen molar-refractivity contribution in [3.8, 4) is 33.8 Å². The molecule has 2 heteroatoms. The number of rotatable bonds is 2. The summed E-state index contributed by atoms with van der Waals surface area (Å²) >= 11 is 0. The molecule has 2 nitrogen and oxygen atoms in total. The molecule has 142 valence electrons. The standard InChI is InChI=1S/C28H18O2/c29-27-21-15-14-19-12-7-13-20-16-22(17-8-3-1-4-9-17)26(25(21)23(19)20)28(30)24(27)18-10-5-2-6-11-18/h1-16,29-30H. The third-order valence-electron chi connectivity index (χ3n) is 6.01. The molecule has 0 aromatic heterocycles. The zero-order chi connectivity index (χ0) is 20.2. The summed E-state index contributed by atoms with van der Waals surface area (Å²) in [5.74, 6) is 0.228. The van der Waals surface area contributed by atoms with Crippen molar-refractivity contribution in [3.05, 3.63) is 97.1 Å². The highest BCUT2D eigenvalue weighted by Gasteiger charge is 2.23. The molecule has 6 rings (SSSR count). The van der Waals surface area contributed by atoms with Gasteiger partial charge in [0.15, 0.2) is 0 Å². The molecule has 0 radical (unpaired) electrons. The third-order valence-corrected chi connectivity index (χ3v) is 6.01. The van der Waals surface area contributed by atoms with Crippen molar-refractivity contribution in [1.29, 1.82) is 0 Å². The van der Waals surface area contributed by atoms with E-state index in [-0.39, 0.29) is 11.5 Å². The van der Waals surface area contributed by atoms with Crippen molar-refractivity contribution < 1.29 is 10.2 Å². The lowest BCUT2D eigenvalue weighted by Gasteiger charge is -2.20. The van der Waals surface area contributed by atoms with Crippen molar-refractivity contribution >= 4 is 32.3 Å². The molecule has 0 saturated heterocycles. The second-order valence-electron chi connectivity index (χ2n) is 7.67. The van der Waals surface area contributed by atoms with Gasteiger partial charge in [-0.15, -0.1) is 0 Å². The van der Waals surface area contributed by atoms with Gasteiger partial charge in [0, 0.05) is 16.2 Å². The van der Waals surface area contributed by atoms with E-state index in [2.05, 4.69) is 30.3 Å². The van der Waals surface area contributed by atoms with E-state index in [0.717, 1.165) is 49.0 Å². The van der Waals surface area contributed by atoms with Crippen LogP contribution in [0.3, 0.4) is 0 Å². The van der Waals surface area contributed by atoms with Crippen LogP contribution in [0, 0.1) is 0 Å². The van der Waals surface area contributed by atoms with Gasteiger partial charge in [-0.3, -0.25) is 0 Å². The van der Waals surface area contributed by atoms with E-state index in [1.54, 1.807) is 0 Å². The van der Waals surface area contributed by atoms with E-state index in [1.165, 1.54) is 0 Å². The SMILES string of the molecule is Oc1c(-c2ccccc2)c(O)c2c(-c3ccccc3)cc3cccc4ccc1c2c43. The van der Waals surface area contributed by atoms with Gasteiger partial charge >= 0.3 is 0 Å². The van der Waals surface area contributed by atoms with Crippen LogP contribution in [0.2, 0.25) is 0 Å². The highest BCUT2D eigenvalue weighted by molar-refractivity contribution is 6.30. The number of aromatic hydroxyl groups is 2. The minimum atomic E-state index is 0.114. The van der Waals surface area contributed by atoms with Crippen LogP contribution in [-0.4, -0.2) is 10.2 Å². The molecule has 0 aliphatic heterocycles. The van der Waals surface area contributed by atoms with E-state index in [9.17, 15) is 10.2 Å². The number of hydrogen-bond acceptors (Lipinski definition) is 2. The quantitative estimate of drug-likeness (QED) is 0.306. The van der Waals surface area contributed by atoms with Gasteiger partial charge in [0.25, 0.3) is 0 Å². The Balaban J connectivity index is 1.90. The molecule has 0 aliphatic carbocycles. The Morgan fingerprint density at radius 3 is 1.87 bits per heavy atom. The summed E-state index contributed by atoms with van der Waals surface area (Å²) in [7, 11) is 0. The predicted octanol–water partition coefficient (Wildman–Crippen LogP) is 7.33. The monoisotopic (exact) mass is 386 g/mol. The first-order chi connectivity index (χ1) is 14.7.